The van der Waals surface area contributed by atoms with Crippen molar-refractivity contribution in [2.45, 2.75) is 27.7 Å². The Morgan fingerprint density at radius 1 is 0.708 bits per heavy atom. The SMILES string of the molecule is CCN(CC)c1ccc(C=Cc2ccccc2)c(N(CC)CC)c1. The minimum absolute atomic E-state index is 1.02. The van der Waals surface area contributed by atoms with E-state index in [1.165, 1.54) is 22.5 Å². The van der Waals surface area contributed by atoms with Gasteiger partial charge in [-0.25, -0.2) is 0 Å². The van der Waals surface area contributed by atoms with Crippen molar-refractivity contribution in [3.8, 4) is 0 Å². The molecule has 0 aromatic heterocycles. The van der Waals surface area contributed by atoms with E-state index in [-0.39, 0.29) is 0 Å². The van der Waals surface area contributed by atoms with Gasteiger partial charge in [-0.3, -0.25) is 0 Å². The standard InChI is InChI=1S/C22H30N2/c1-5-23(6-2)21-17-16-20(22(18-21)24(7-3)8-4)15-14-19-12-10-9-11-13-19/h9-18H,5-8H2,1-4H3. The second-order valence-corrected chi connectivity index (χ2v) is 5.83. The van der Waals surface area contributed by atoms with Crippen molar-refractivity contribution in [1.82, 2.24) is 0 Å². The molecule has 0 unspecified atom stereocenters. The molecule has 0 spiro atoms. The molecule has 0 atom stereocenters. The predicted octanol–water partition coefficient (Wildman–Crippen LogP) is 5.55. The molecule has 2 heteroatoms. The van der Waals surface area contributed by atoms with E-state index < -0.39 is 0 Å². The van der Waals surface area contributed by atoms with Gasteiger partial charge in [-0.15, -0.1) is 0 Å². The van der Waals surface area contributed by atoms with Crippen molar-refractivity contribution in [1.29, 1.82) is 0 Å². The summed E-state index contributed by atoms with van der Waals surface area (Å²) in [5, 5.41) is 0. The maximum Gasteiger partial charge on any atom is 0.0460 e. The first-order valence-electron chi connectivity index (χ1n) is 9.10. The number of hydrogen-bond acceptors (Lipinski definition) is 2. The molecular weight excluding hydrogens is 292 g/mol. The zero-order valence-corrected chi connectivity index (χ0v) is 15.5. The number of benzene rings is 2. The van der Waals surface area contributed by atoms with Crippen molar-refractivity contribution in [2.24, 2.45) is 0 Å². The molecule has 2 aromatic rings. The highest BCUT2D eigenvalue weighted by atomic mass is 15.1. The van der Waals surface area contributed by atoms with Crippen LogP contribution in [0.4, 0.5) is 11.4 Å². The first-order valence-corrected chi connectivity index (χ1v) is 9.10. The van der Waals surface area contributed by atoms with E-state index >= 15 is 0 Å². The maximum absolute atomic E-state index is 2.43. The summed E-state index contributed by atoms with van der Waals surface area (Å²) in [5.74, 6) is 0. The highest BCUT2D eigenvalue weighted by Crippen LogP contribution is 2.28. The minimum Gasteiger partial charge on any atom is -0.372 e. The number of rotatable bonds is 8. The summed E-state index contributed by atoms with van der Waals surface area (Å²) in [4.78, 5) is 4.83. The molecule has 0 aliphatic heterocycles. The molecule has 0 aliphatic rings. The van der Waals surface area contributed by atoms with Gasteiger partial charge >= 0.3 is 0 Å². The van der Waals surface area contributed by atoms with Gasteiger partial charge < -0.3 is 9.80 Å². The van der Waals surface area contributed by atoms with E-state index in [1.807, 2.05) is 0 Å². The van der Waals surface area contributed by atoms with Crippen LogP contribution in [0.1, 0.15) is 38.8 Å². The van der Waals surface area contributed by atoms with E-state index in [0.717, 1.165) is 26.2 Å². The first-order chi connectivity index (χ1) is 11.7. The third-order valence-corrected chi connectivity index (χ3v) is 4.50. The Morgan fingerprint density at radius 2 is 1.33 bits per heavy atom. The lowest BCUT2D eigenvalue weighted by Crippen LogP contribution is -2.25. The fourth-order valence-corrected chi connectivity index (χ4v) is 3.05. The Morgan fingerprint density at radius 3 is 1.92 bits per heavy atom. The summed E-state index contributed by atoms with van der Waals surface area (Å²) in [6.45, 7) is 13.0. The number of anilines is 2. The van der Waals surface area contributed by atoms with Crippen LogP contribution in [-0.2, 0) is 0 Å². The first kappa shape index (κ1) is 18.1. The topological polar surface area (TPSA) is 6.48 Å². The lowest BCUT2D eigenvalue weighted by Gasteiger charge is -2.27. The molecule has 0 saturated heterocycles. The molecule has 0 amide bonds. The van der Waals surface area contributed by atoms with Crippen molar-refractivity contribution >= 4 is 23.5 Å². The Bertz CT molecular complexity index is 638. The molecule has 0 radical (unpaired) electrons. The van der Waals surface area contributed by atoms with Gasteiger partial charge in [-0.2, -0.15) is 0 Å². The van der Waals surface area contributed by atoms with Crippen LogP contribution in [0.25, 0.3) is 12.2 Å². The van der Waals surface area contributed by atoms with Crippen LogP contribution < -0.4 is 9.80 Å². The molecule has 2 nitrogen and oxygen atoms in total. The Balaban J connectivity index is 2.40. The summed E-state index contributed by atoms with van der Waals surface area (Å²) in [5.41, 5.74) is 5.13. The van der Waals surface area contributed by atoms with Crippen molar-refractivity contribution in [3.63, 3.8) is 0 Å². The summed E-state index contributed by atoms with van der Waals surface area (Å²) in [6, 6.07) is 17.3. The van der Waals surface area contributed by atoms with Crippen molar-refractivity contribution < 1.29 is 0 Å². The van der Waals surface area contributed by atoms with Gasteiger partial charge in [0.2, 0.25) is 0 Å². The average molecular weight is 322 g/mol. The normalized spacial score (nSPS) is 11.0. The molecule has 128 valence electrons. The molecular formula is C22H30N2. The van der Waals surface area contributed by atoms with Crippen LogP contribution in [0.3, 0.4) is 0 Å². The van der Waals surface area contributed by atoms with Gasteiger partial charge in [0.05, 0.1) is 0 Å². The van der Waals surface area contributed by atoms with E-state index in [9.17, 15) is 0 Å². The van der Waals surface area contributed by atoms with Crippen molar-refractivity contribution in [3.05, 3.63) is 59.7 Å². The van der Waals surface area contributed by atoms with Gasteiger partial charge in [-0.05, 0) is 51.0 Å². The lowest BCUT2D eigenvalue weighted by atomic mass is 10.1. The second kappa shape index (κ2) is 9.17. The van der Waals surface area contributed by atoms with Gasteiger partial charge in [-0.1, -0.05) is 48.6 Å². The summed E-state index contributed by atoms with van der Waals surface area (Å²) in [6.07, 6.45) is 4.43. The van der Waals surface area contributed by atoms with Gasteiger partial charge in [0.25, 0.3) is 0 Å². The van der Waals surface area contributed by atoms with Gasteiger partial charge in [0, 0.05) is 37.6 Å². The largest absolute Gasteiger partial charge is 0.372 e. The zero-order chi connectivity index (χ0) is 17.4. The summed E-state index contributed by atoms with van der Waals surface area (Å²) >= 11 is 0. The quantitative estimate of drug-likeness (QED) is 0.588. The molecule has 0 saturated carbocycles. The maximum atomic E-state index is 2.43. The second-order valence-electron chi connectivity index (χ2n) is 5.83. The highest BCUT2D eigenvalue weighted by molar-refractivity contribution is 5.79. The predicted molar refractivity (Wildman–Crippen MR) is 109 cm³/mol. The molecule has 0 N–H and O–H groups in total. The van der Waals surface area contributed by atoms with Crippen molar-refractivity contribution in [2.75, 3.05) is 36.0 Å². The average Bonchev–Trinajstić information content (AvgIpc) is 2.64. The molecule has 0 aliphatic carbocycles. The third kappa shape index (κ3) is 4.41. The Labute approximate surface area is 147 Å². The molecule has 2 rings (SSSR count). The molecule has 0 heterocycles. The lowest BCUT2D eigenvalue weighted by molar-refractivity contribution is 0.851. The molecule has 0 bridgehead atoms. The fourth-order valence-electron chi connectivity index (χ4n) is 3.05. The highest BCUT2D eigenvalue weighted by Gasteiger charge is 2.10. The van der Waals surface area contributed by atoms with Gasteiger partial charge in [0.15, 0.2) is 0 Å². The van der Waals surface area contributed by atoms with Crippen LogP contribution in [0.15, 0.2) is 48.5 Å². The molecule has 24 heavy (non-hydrogen) atoms. The van der Waals surface area contributed by atoms with Crippen LogP contribution in [0.2, 0.25) is 0 Å². The molecule has 2 aromatic carbocycles. The van der Waals surface area contributed by atoms with E-state index in [4.69, 9.17) is 0 Å². The Kier molecular flexibility index (Phi) is 6.92. The minimum atomic E-state index is 1.02. The smallest absolute Gasteiger partial charge is 0.0460 e. The zero-order valence-electron chi connectivity index (χ0n) is 15.5. The molecule has 0 fully saturated rings. The summed E-state index contributed by atoms with van der Waals surface area (Å²) in [7, 11) is 0. The Hall–Kier alpha value is -2.22. The van der Waals surface area contributed by atoms with Crippen LogP contribution in [-0.4, -0.2) is 26.2 Å². The van der Waals surface area contributed by atoms with E-state index in [2.05, 4.69) is 98.2 Å². The number of nitrogens with zero attached hydrogens (tertiary/aromatic N) is 2. The van der Waals surface area contributed by atoms with Gasteiger partial charge in [0.1, 0.15) is 0 Å². The van der Waals surface area contributed by atoms with Crippen LogP contribution in [0, 0.1) is 0 Å². The fraction of sp³-hybridized carbons (Fsp3) is 0.364. The van der Waals surface area contributed by atoms with Crippen LogP contribution >= 0.6 is 0 Å². The van der Waals surface area contributed by atoms with E-state index in [0.29, 0.717) is 0 Å². The van der Waals surface area contributed by atoms with E-state index in [1.54, 1.807) is 0 Å². The third-order valence-electron chi connectivity index (χ3n) is 4.50. The van der Waals surface area contributed by atoms with Crippen LogP contribution in [0.5, 0.6) is 0 Å². The monoisotopic (exact) mass is 322 g/mol. The summed E-state index contributed by atoms with van der Waals surface area (Å²) < 4.78 is 0. The number of hydrogen-bond donors (Lipinski definition) is 0.